The summed E-state index contributed by atoms with van der Waals surface area (Å²) in [6, 6.07) is 12.2. The largest absolute Gasteiger partial charge is 0.493 e. The Morgan fingerprint density at radius 1 is 1.04 bits per heavy atom. The van der Waals surface area contributed by atoms with Gasteiger partial charge in [0.25, 0.3) is 0 Å². The van der Waals surface area contributed by atoms with E-state index in [1.807, 2.05) is 30.1 Å². The van der Waals surface area contributed by atoms with Gasteiger partial charge in [0.2, 0.25) is 0 Å². The molecule has 0 aliphatic rings. The molecular formula is C19H24FN3O2. The molecule has 0 atom stereocenters. The first-order valence-corrected chi connectivity index (χ1v) is 7.94. The van der Waals surface area contributed by atoms with Gasteiger partial charge >= 0.3 is 0 Å². The third-order valence-corrected chi connectivity index (χ3v) is 3.80. The van der Waals surface area contributed by atoms with Crippen LogP contribution in [0.5, 0.6) is 11.5 Å². The van der Waals surface area contributed by atoms with Crippen LogP contribution < -0.4 is 14.8 Å². The fourth-order valence-electron chi connectivity index (χ4n) is 2.49. The molecular weight excluding hydrogens is 321 g/mol. The van der Waals surface area contributed by atoms with E-state index in [9.17, 15) is 4.39 Å². The molecule has 0 bridgehead atoms. The van der Waals surface area contributed by atoms with Gasteiger partial charge in [0, 0.05) is 27.2 Å². The molecule has 2 aromatic rings. The molecule has 6 heteroatoms. The molecule has 2 aromatic carbocycles. The lowest BCUT2D eigenvalue weighted by Gasteiger charge is -2.22. The van der Waals surface area contributed by atoms with Crippen molar-refractivity contribution in [3.63, 3.8) is 0 Å². The highest BCUT2D eigenvalue weighted by atomic mass is 19.1. The van der Waals surface area contributed by atoms with Gasteiger partial charge < -0.3 is 19.7 Å². The number of benzene rings is 2. The molecule has 0 aromatic heterocycles. The predicted molar refractivity (Wildman–Crippen MR) is 97.6 cm³/mol. The number of methoxy groups -OCH3 is 2. The molecule has 5 nitrogen and oxygen atoms in total. The Balaban J connectivity index is 1.98. The summed E-state index contributed by atoms with van der Waals surface area (Å²) in [4.78, 5) is 6.27. The van der Waals surface area contributed by atoms with Crippen molar-refractivity contribution in [3.8, 4) is 11.5 Å². The summed E-state index contributed by atoms with van der Waals surface area (Å²) in [6.07, 6.45) is 0. The van der Waals surface area contributed by atoms with Crippen LogP contribution in [0.3, 0.4) is 0 Å². The topological polar surface area (TPSA) is 46.1 Å². The van der Waals surface area contributed by atoms with Crippen molar-refractivity contribution >= 4 is 5.96 Å². The molecule has 0 amide bonds. The van der Waals surface area contributed by atoms with E-state index in [1.54, 1.807) is 33.4 Å². The SMILES string of the molecule is CN=C(NCc1ccc(OC)c(OC)c1)N(C)Cc1ccc(F)cc1. The minimum absolute atomic E-state index is 0.234. The number of ether oxygens (including phenoxy) is 2. The molecule has 0 heterocycles. The summed E-state index contributed by atoms with van der Waals surface area (Å²) in [5.74, 6) is 1.90. The number of nitrogens with zero attached hydrogens (tertiary/aromatic N) is 2. The van der Waals surface area contributed by atoms with E-state index in [0.29, 0.717) is 24.6 Å². The first-order valence-electron chi connectivity index (χ1n) is 7.94. The summed E-state index contributed by atoms with van der Waals surface area (Å²) in [7, 11) is 6.90. The Morgan fingerprint density at radius 3 is 2.28 bits per heavy atom. The molecule has 0 aliphatic carbocycles. The summed E-state index contributed by atoms with van der Waals surface area (Å²) >= 11 is 0. The van der Waals surface area contributed by atoms with Crippen molar-refractivity contribution in [1.29, 1.82) is 0 Å². The summed E-state index contributed by atoms with van der Waals surface area (Å²) in [5, 5.41) is 3.31. The quantitative estimate of drug-likeness (QED) is 0.646. The Labute approximate surface area is 148 Å². The van der Waals surface area contributed by atoms with E-state index in [-0.39, 0.29) is 5.82 Å². The molecule has 0 radical (unpaired) electrons. The van der Waals surface area contributed by atoms with Gasteiger partial charge in [-0.1, -0.05) is 18.2 Å². The van der Waals surface area contributed by atoms with Gasteiger partial charge in [0.1, 0.15) is 5.82 Å². The van der Waals surface area contributed by atoms with E-state index < -0.39 is 0 Å². The lowest BCUT2D eigenvalue weighted by Crippen LogP contribution is -2.38. The van der Waals surface area contributed by atoms with Crippen molar-refractivity contribution in [3.05, 3.63) is 59.4 Å². The van der Waals surface area contributed by atoms with Crippen LogP contribution in [0.4, 0.5) is 4.39 Å². The van der Waals surface area contributed by atoms with Gasteiger partial charge in [0.15, 0.2) is 17.5 Å². The minimum atomic E-state index is -0.234. The first kappa shape index (κ1) is 18.6. The fraction of sp³-hybridized carbons (Fsp3) is 0.316. The lowest BCUT2D eigenvalue weighted by molar-refractivity contribution is 0.354. The van der Waals surface area contributed by atoms with Crippen molar-refractivity contribution in [2.75, 3.05) is 28.3 Å². The average molecular weight is 345 g/mol. The minimum Gasteiger partial charge on any atom is -0.493 e. The molecule has 0 saturated heterocycles. The van der Waals surface area contributed by atoms with E-state index in [0.717, 1.165) is 17.1 Å². The van der Waals surface area contributed by atoms with E-state index in [4.69, 9.17) is 9.47 Å². The normalized spacial score (nSPS) is 11.2. The number of hydrogen-bond donors (Lipinski definition) is 1. The lowest BCUT2D eigenvalue weighted by atomic mass is 10.2. The summed E-state index contributed by atoms with van der Waals surface area (Å²) in [5.41, 5.74) is 2.06. The van der Waals surface area contributed by atoms with Crippen molar-refractivity contribution in [1.82, 2.24) is 10.2 Å². The van der Waals surface area contributed by atoms with Gasteiger partial charge in [-0.3, -0.25) is 4.99 Å². The summed E-state index contributed by atoms with van der Waals surface area (Å²) in [6.45, 7) is 1.23. The van der Waals surface area contributed by atoms with Crippen LogP contribution in [0.2, 0.25) is 0 Å². The maximum Gasteiger partial charge on any atom is 0.193 e. The molecule has 0 unspecified atom stereocenters. The van der Waals surface area contributed by atoms with Crippen LogP contribution >= 0.6 is 0 Å². The van der Waals surface area contributed by atoms with Crippen molar-refractivity contribution in [2.24, 2.45) is 4.99 Å². The summed E-state index contributed by atoms with van der Waals surface area (Å²) < 4.78 is 23.6. The highest BCUT2D eigenvalue weighted by Gasteiger charge is 2.09. The van der Waals surface area contributed by atoms with Crippen LogP contribution in [0.15, 0.2) is 47.5 Å². The molecule has 2 rings (SSSR count). The standard InChI is InChI=1S/C19H24FN3O2/c1-21-19(23(2)13-14-5-8-16(20)9-6-14)22-12-15-7-10-17(24-3)18(11-15)25-4/h5-11H,12-13H2,1-4H3,(H,21,22). The van der Waals surface area contributed by atoms with E-state index in [2.05, 4.69) is 10.3 Å². The van der Waals surface area contributed by atoms with Crippen LogP contribution in [0, 0.1) is 5.82 Å². The zero-order chi connectivity index (χ0) is 18.2. The number of hydrogen-bond acceptors (Lipinski definition) is 3. The third kappa shape index (κ3) is 5.11. The van der Waals surface area contributed by atoms with Gasteiger partial charge in [-0.15, -0.1) is 0 Å². The zero-order valence-corrected chi connectivity index (χ0v) is 15.0. The smallest absolute Gasteiger partial charge is 0.193 e. The second kappa shape index (κ2) is 8.92. The number of nitrogens with one attached hydrogen (secondary N) is 1. The monoisotopic (exact) mass is 345 g/mol. The Hall–Kier alpha value is -2.76. The molecule has 0 spiro atoms. The second-order valence-electron chi connectivity index (χ2n) is 5.57. The maximum absolute atomic E-state index is 13.0. The molecule has 134 valence electrons. The number of halogens is 1. The predicted octanol–water partition coefficient (Wildman–Crippen LogP) is 3.05. The number of rotatable bonds is 6. The van der Waals surface area contributed by atoms with Gasteiger partial charge in [-0.2, -0.15) is 0 Å². The molecule has 0 aliphatic heterocycles. The van der Waals surface area contributed by atoms with Gasteiger partial charge in [0.05, 0.1) is 14.2 Å². The highest BCUT2D eigenvalue weighted by molar-refractivity contribution is 5.79. The molecule has 25 heavy (non-hydrogen) atoms. The maximum atomic E-state index is 13.0. The van der Waals surface area contributed by atoms with Gasteiger partial charge in [-0.05, 0) is 35.4 Å². The highest BCUT2D eigenvalue weighted by Crippen LogP contribution is 2.27. The average Bonchev–Trinajstić information content (AvgIpc) is 2.63. The van der Waals surface area contributed by atoms with Crippen molar-refractivity contribution in [2.45, 2.75) is 13.1 Å². The zero-order valence-electron chi connectivity index (χ0n) is 15.0. The van der Waals surface area contributed by atoms with E-state index in [1.165, 1.54) is 12.1 Å². The fourth-order valence-corrected chi connectivity index (χ4v) is 2.49. The first-order chi connectivity index (χ1) is 12.1. The van der Waals surface area contributed by atoms with Crippen LogP contribution in [-0.2, 0) is 13.1 Å². The molecule has 0 fully saturated rings. The van der Waals surface area contributed by atoms with Crippen LogP contribution in [0.1, 0.15) is 11.1 Å². The van der Waals surface area contributed by atoms with E-state index >= 15 is 0 Å². The Morgan fingerprint density at radius 2 is 1.68 bits per heavy atom. The van der Waals surface area contributed by atoms with Crippen LogP contribution in [0.25, 0.3) is 0 Å². The number of aliphatic imine (C=N–C) groups is 1. The second-order valence-corrected chi connectivity index (χ2v) is 5.57. The number of guanidine groups is 1. The molecule has 0 saturated carbocycles. The van der Waals surface area contributed by atoms with Gasteiger partial charge in [-0.25, -0.2) is 4.39 Å². The Bertz CT molecular complexity index is 717. The third-order valence-electron chi connectivity index (χ3n) is 3.80. The molecule has 1 N–H and O–H groups in total. The van der Waals surface area contributed by atoms with Crippen LogP contribution in [-0.4, -0.2) is 39.2 Å². The van der Waals surface area contributed by atoms with Crippen molar-refractivity contribution < 1.29 is 13.9 Å². The Kier molecular flexibility index (Phi) is 6.62.